The van der Waals surface area contributed by atoms with Crippen LogP contribution in [-0.4, -0.2) is 27.8 Å². The average Bonchev–Trinajstić information content (AvgIpc) is 3.06. The van der Waals surface area contributed by atoms with E-state index in [1.54, 1.807) is 12.1 Å². The number of carbonyl (C=O) groups is 2. The van der Waals surface area contributed by atoms with Crippen molar-refractivity contribution in [1.82, 2.24) is 5.32 Å². The van der Waals surface area contributed by atoms with Crippen LogP contribution in [0.4, 0.5) is 0 Å². The zero-order valence-corrected chi connectivity index (χ0v) is 13.1. The molecule has 2 N–H and O–H groups in total. The highest BCUT2D eigenvalue weighted by atomic mass is 35.5. The highest BCUT2D eigenvalue weighted by Gasteiger charge is 2.22. The Morgan fingerprint density at radius 2 is 2.13 bits per heavy atom. The SMILES string of the molecule is O=C1NC(=S)N=C1Cc1ccc(-c2cc(C(=O)O)ccc2Cl)o1. The van der Waals surface area contributed by atoms with Gasteiger partial charge in [0.2, 0.25) is 0 Å². The van der Waals surface area contributed by atoms with E-state index >= 15 is 0 Å². The molecule has 0 unspecified atom stereocenters. The Labute approximate surface area is 140 Å². The average molecular weight is 349 g/mol. The minimum Gasteiger partial charge on any atom is -0.478 e. The number of amides is 1. The molecule has 1 aromatic carbocycles. The first-order chi connectivity index (χ1) is 10.9. The molecule has 0 fully saturated rings. The maximum absolute atomic E-state index is 11.6. The second-order valence-electron chi connectivity index (χ2n) is 4.76. The molecule has 0 saturated heterocycles. The standard InChI is InChI=1S/C15H9ClN2O4S/c16-10-3-1-7(14(20)21)5-9(10)12-4-2-8(22-12)6-11-13(19)18-15(23)17-11/h1-5H,6H2,(H,20,21)(H,18,19,23). The summed E-state index contributed by atoms with van der Waals surface area (Å²) in [4.78, 5) is 26.6. The topological polar surface area (TPSA) is 91.9 Å². The number of aliphatic imine (C=N–C) groups is 1. The van der Waals surface area contributed by atoms with Crippen LogP contribution in [0.3, 0.4) is 0 Å². The van der Waals surface area contributed by atoms with E-state index in [9.17, 15) is 9.59 Å². The van der Waals surface area contributed by atoms with E-state index in [1.165, 1.54) is 18.2 Å². The van der Waals surface area contributed by atoms with Crippen LogP contribution in [0, 0.1) is 0 Å². The quantitative estimate of drug-likeness (QED) is 0.829. The molecule has 1 aliphatic heterocycles. The van der Waals surface area contributed by atoms with Gasteiger partial charge in [-0.1, -0.05) is 11.6 Å². The monoisotopic (exact) mass is 348 g/mol. The van der Waals surface area contributed by atoms with Crippen LogP contribution in [0.5, 0.6) is 0 Å². The largest absolute Gasteiger partial charge is 0.478 e. The number of hydrogen-bond donors (Lipinski definition) is 2. The van der Waals surface area contributed by atoms with Crippen molar-refractivity contribution in [3.8, 4) is 11.3 Å². The van der Waals surface area contributed by atoms with E-state index in [0.29, 0.717) is 22.1 Å². The van der Waals surface area contributed by atoms with Gasteiger partial charge < -0.3 is 9.52 Å². The van der Waals surface area contributed by atoms with E-state index in [2.05, 4.69) is 10.3 Å². The Hall–Kier alpha value is -2.51. The number of thiocarbonyl (C=S) groups is 1. The van der Waals surface area contributed by atoms with Gasteiger partial charge >= 0.3 is 5.97 Å². The summed E-state index contributed by atoms with van der Waals surface area (Å²) in [6, 6.07) is 7.68. The van der Waals surface area contributed by atoms with Crippen LogP contribution in [0.1, 0.15) is 16.1 Å². The third kappa shape index (κ3) is 3.15. The summed E-state index contributed by atoms with van der Waals surface area (Å²) in [5.74, 6) is -0.496. The first-order valence-electron chi connectivity index (χ1n) is 6.49. The number of carbonyl (C=O) groups excluding carboxylic acids is 1. The normalized spacial score (nSPS) is 13.9. The molecular weight excluding hydrogens is 340 g/mol. The molecule has 8 heteroatoms. The number of rotatable bonds is 4. The Morgan fingerprint density at radius 3 is 2.78 bits per heavy atom. The van der Waals surface area contributed by atoms with Gasteiger partial charge in [-0.2, -0.15) is 0 Å². The number of aromatic carboxylic acids is 1. The molecule has 3 rings (SSSR count). The van der Waals surface area contributed by atoms with Crippen LogP contribution in [0.2, 0.25) is 5.02 Å². The molecule has 6 nitrogen and oxygen atoms in total. The Balaban J connectivity index is 1.89. The van der Waals surface area contributed by atoms with Crippen molar-refractivity contribution in [2.45, 2.75) is 6.42 Å². The predicted octanol–water partition coefficient (Wildman–Crippen LogP) is 2.70. The van der Waals surface area contributed by atoms with E-state index in [0.717, 1.165) is 0 Å². The van der Waals surface area contributed by atoms with Crippen molar-refractivity contribution in [3.63, 3.8) is 0 Å². The van der Waals surface area contributed by atoms with E-state index in [-0.39, 0.29) is 28.7 Å². The third-order valence-corrected chi connectivity index (χ3v) is 3.72. The molecule has 0 radical (unpaired) electrons. The van der Waals surface area contributed by atoms with Crippen molar-refractivity contribution in [2.75, 3.05) is 0 Å². The van der Waals surface area contributed by atoms with E-state index < -0.39 is 5.97 Å². The van der Waals surface area contributed by atoms with Gasteiger partial charge in [-0.05, 0) is 42.5 Å². The molecule has 23 heavy (non-hydrogen) atoms. The second-order valence-corrected chi connectivity index (χ2v) is 5.55. The van der Waals surface area contributed by atoms with Gasteiger partial charge in [0.25, 0.3) is 5.91 Å². The zero-order chi connectivity index (χ0) is 16.6. The maximum atomic E-state index is 11.6. The lowest BCUT2D eigenvalue weighted by atomic mass is 10.1. The summed E-state index contributed by atoms with van der Waals surface area (Å²) in [5.41, 5.74) is 0.833. The lowest BCUT2D eigenvalue weighted by Crippen LogP contribution is -2.25. The third-order valence-electron chi connectivity index (χ3n) is 3.20. The molecule has 0 bridgehead atoms. The summed E-state index contributed by atoms with van der Waals surface area (Å²) in [6.45, 7) is 0. The Bertz CT molecular complexity index is 872. The second kappa shape index (κ2) is 5.94. The summed E-state index contributed by atoms with van der Waals surface area (Å²) >= 11 is 10.9. The predicted molar refractivity (Wildman–Crippen MR) is 88.0 cm³/mol. The summed E-state index contributed by atoms with van der Waals surface area (Å²) in [5, 5.41) is 12.0. The van der Waals surface area contributed by atoms with Gasteiger partial charge in [0.15, 0.2) is 5.11 Å². The summed E-state index contributed by atoms with van der Waals surface area (Å²) < 4.78 is 5.65. The van der Waals surface area contributed by atoms with Gasteiger partial charge in [0, 0.05) is 5.56 Å². The molecular formula is C15H9ClN2O4S. The number of furan rings is 1. The lowest BCUT2D eigenvalue weighted by molar-refractivity contribution is -0.113. The molecule has 2 heterocycles. The lowest BCUT2D eigenvalue weighted by Gasteiger charge is -2.03. The van der Waals surface area contributed by atoms with Crippen molar-refractivity contribution in [2.24, 2.45) is 4.99 Å². The van der Waals surface area contributed by atoms with Crippen LogP contribution < -0.4 is 5.32 Å². The fourth-order valence-corrected chi connectivity index (χ4v) is 2.53. The number of nitrogens with zero attached hydrogens (tertiary/aromatic N) is 1. The van der Waals surface area contributed by atoms with E-state index in [4.69, 9.17) is 33.3 Å². The molecule has 0 spiro atoms. The minimum absolute atomic E-state index is 0.104. The van der Waals surface area contributed by atoms with Crippen molar-refractivity contribution in [1.29, 1.82) is 0 Å². The van der Waals surface area contributed by atoms with Gasteiger partial charge in [0.05, 0.1) is 17.0 Å². The fourth-order valence-electron chi connectivity index (χ4n) is 2.12. The summed E-state index contributed by atoms with van der Waals surface area (Å²) in [7, 11) is 0. The molecule has 2 aromatic rings. The number of halogens is 1. The summed E-state index contributed by atoms with van der Waals surface area (Å²) in [6.07, 6.45) is 0.183. The van der Waals surface area contributed by atoms with Crippen LogP contribution in [0.25, 0.3) is 11.3 Å². The van der Waals surface area contributed by atoms with Gasteiger partial charge in [0.1, 0.15) is 17.2 Å². The van der Waals surface area contributed by atoms with Gasteiger partial charge in [-0.25, -0.2) is 9.79 Å². The Morgan fingerprint density at radius 1 is 1.35 bits per heavy atom. The molecule has 1 aromatic heterocycles. The van der Waals surface area contributed by atoms with Crippen LogP contribution >= 0.6 is 23.8 Å². The molecule has 0 aliphatic carbocycles. The van der Waals surface area contributed by atoms with Crippen molar-refractivity contribution < 1.29 is 19.1 Å². The van der Waals surface area contributed by atoms with Gasteiger partial charge in [-0.3, -0.25) is 10.1 Å². The molecule has 0 saturated carbocycles. The van der Waals surface area contributed by atoms with Crippen LogP contribution in [-0.2, 0) is 11.2 Å². The number of hydrogen-bond acceptors (Lipinski definition) is 4. The number of carboxylic acid groups (broad SMARTS) is 1. The first-order valence-corrected chi connectivity index (χ1v) is 7.27. The maximum Gasteiger partial charge on any atom is 0.335 e. The van der Waals surface area contributed by atoms with E-state index in [1.807, 2.05) is 0 Å². The molecule has 0 atom stereocenters. The number of benzene rings is 1. The fraction of sp³-hybridized carbons (Fsp3) is 0.0667. The van der Waals surface area contributed by atoms with Crippen molar-refractivity contribution >= 4 is 46.5 Å². The highest BCUT2D eigenvalue weighted by molar-refractivity contribution is 7.80. The Kier molecular flexibility index (Phi) is 3.97. The number of carboxylic acids is 1. The van der Waals surface area contributed by atoms with Gasteiger partial charge in [-0.15, -0.1) is 0 Å². The smallest absolute Gasteiger partial charge is 0.335 e. The molecule has 116 valence electrons. The number of nitrogens with one attached hydrogen (secondary N) is 1. The molecule has 1 aliphatic rings. The zero-order valence-electron chi connectivity index (χ0n) is 11.5. The minimum atomic E-state index is -1.06. The van der Waals surface area contributed by atoms with Crippen LogP contribution in [0.15, 0.2) is 39.7 Å². The first kappa shape index (κ1) is 15.4. The molecule has 1 amide bonds. The highest BCUT2D eigenvalue weighted by Crippen LogP contribution is 2.30. The van der Waals surface area contributed by atoms with Crippen molar-refractivity contribution in [3.05, 3.63) is 46.7 Å².